The van der Waals surface area contributed by atoms with E-state index >= 15 is 0 Å². The predicted octanol–water partition coefficient (Wildman–Crippen LogP) is 4.09. The zero-order chi connectivity index (χ0) is 21.1. The number of amides is 2. The standard InChI is InChI=1S/C23H21N5O2/c1-3-19(29)13-16-9-7-8-12-20(16)25-22-24-14-17-15-28(18-10-5-4-6-11-18)23(30)27(2)21(17)26-22/h3-12,14H,1,13,15H2,2H3,(H,24,25,26). The van der Waals surface area contributed by atoms with Gasteiger partial charge in [-0.2, -0.15) is 4.98 Å². The van der Waals surface area contributed by atoms with Crippen LogP contribution in [0.15, 0.2) is 73.4 Å². The molecule has 4 rings (SSSR count). The number of nitrogens with one attached hydrogen (secondary N) is 1. The summed E-state index contributed by atoms with van der Waals surface area (Å²) in [4.78, 5) is 36.9. The lowest BCUT2D eigenvalue weighted by molar-refractivity contribution is -0.114. The van der Waals surface area contributed by atoms with Crippen molar-refractivity contribution in [3.63, 3.8) is 0 Å². The second kappa shape index (κ2) is 8.16. The normalized spacial score (nSPS) is 13.0. The van der Waals surface area contributed by atoms with E-state index in [0.717, 1.165) is 22.5 Å². The third-order valence-electron chi connectivity index (χ3n) is 4.93. The van der Waals surface area contributed by atoms with E-state index < -0.39 is 0 Å². The Balaban J connectivity index is 1.61. The van der Waals surface area contributed by atoms with Crippen molar-refractivity contribution in [2.45, 2.75) is 13.0 Å². The highest BCUT2D eigenvalue weighted by Gasteiger charge is 2.30. The molecule has 3 aromatic rings. The number of allylic oxidation sites excluding steroid dienone is 1. The second-order valence-electron chi connectivity index (χ2n) is 6.94. The Kier molecular flexibility index (Phi) is 5.26. The molecule has 0 aliphatic carbocycles. The minimum atomic E-state index is -0.157. The molecule has 2 aromatic carbocycles. The third kappa shape index (κ3) is 3.77. The topological polar surface area (TPSA) is 78.4 Å². The molecule has 0 atom stereocenters. The van der Waals surface area contributed by atoms with Crippen LogP contribution in [0.1, 0.15) is 11.1 Å². The van der Waals surface area contributed by atoms with Gasteiger partial charge in [-0.1, -0.05) is 43.0 Å². The van der Waals surface area contributed by atoms with Gasteiger partial charge in [0.1, 0.15) is 5.82 Å². The molecule has 0 spiro atoms. The summed E-state index contributed by atoms with van der Waals surface area (Å²) in [5.41, 5.74) is 3.23. The van der Waals surface area contributed by atoms with Crippen LogP contribution < -0.4 is 15.1 Å². The van der Waals surface area contributed by atoms with Gasteiger partial charge in [0.25, 0.3) is 0 Å². The molecule has 1 aromatic heterocycles. The van der Waals surface area contributed by atoms with Crippen molar-refractivity contribution in [2.75, 3.05) is 22.2 Å². The Labute approximate surface area is 174 Å². The van der Waals surface area contributed by atoms with Gasteiger partial charge in [-0.25, -0.2) is 9.78 Å². The molecule has 2 heterocycles. The Hall–Kier alpha value is -4.00. The summed E-state index contributed by atoms with van der Waals surface area (Å²) in [5, 5.41) is 3.17. The van der Waals surface area contributed by atoms with Crippen molar-refractivity contribution in [1.29, 1.82) is 0 Å². The summed E-state index contributed by atoms with van der Waals surface area (Å²) in [6.07, 6.45) is 3.27. The zero-order valence-electron chi connectivity index (χ0n) is 16.6. The number of urea groups is 1. The van der Waals surface area contributed by atoms with Crippen LogP contribution in [0.5, 0.6) is 0 Å². The third-order valence-corrected chi connectivity index (χ3v) is 4.93. The molecule has 0 unspecified atom stereocenters. The lowest BCUT2D eigenvalue weighted by Crippen LogP contribution is -2.45. The van der Waals surface area contributed by atoms with E-state index in [-0.39, 0.29) is 18.2 Å². The smallest absolute Gasteiger partial charge is 0.324 e. The van der Waals surface area contributed by atoms with Crippen LogP contribution >= 0.6 is 0 Å². The summed E-state index contributed by atoms with van der Waals surface area (Å²) in [6, 6.07) is 16.8. The van der Waals surface area contributed by atoms with E-state index in [9.17, 15) is 9.59 Å². The number of aromatic nitrogens is 2. The van der Waals surface area contributed by atoms with Gasteiger partial charge in [-0.15, -0.1) is 0 Å². The van der Waals surface area contributed by atoms with E-state index in [1.807, 2.05) is 54.6 Å². The Bertz CT molecular complexity index is 1110. The fraction of sp³-hybridized carbons (Fsp3) is 0.130. The largest absolute Gasteiger partial charge is 0.330 e. The average Bonchev–Trinajstić information content (AvgIpc) is 2.78. The van der Waals surface area contributed by atoms with Crippen molar-refractivity contribution in [3.8, 4) is 0 Å². The molecule has 2 amide bonds. The van der Waals surface area contributed by atoms with Crippen molar-refractivity contribution >= 4 is 35.0 Å². The molecule has 7 heteroatoms. The maximum atomic E-state index is 12.9. The Morgan fingerprint density at radius 1 is 1.17 bits per heavy atom. The first kappa shape index (κ1) is 19.3. The van der Waals surface area contributed by atoms with Gasteiger partial charge in [0.05, 0.1) is 6.54 Å². The van der Waals surface area contributed by atoms with Crippen LogP contribution in [-0.2, 0) is 17.8 Å². The van der Waals surface area contributed by atoms with Gasteiger partial charge in [-0.05, 0) is 29.8 Å². The average molecular weight is 399 g/mol. The predicted molar refractivity (Wildman–Crippen MR) is 117 cm³/mol. The molecular formula is C23H21N5O2. The molecule has 0 saturated heterocycles. The molecule has 0 bridgehead atoms. The molecular weight excluding hydrogens is 378 g/mol. The number of ketones is 1. The first-order valence-corrected chi connectivity index (χ1v) is 9.53. The number of fused-ring (bicyclic) bond motifs is 1. The maximum absolute atomic E-state index is 12.9. The molecule has 0 fully saturated rings. The van der Waals surface area contributed by atoms with Crippen LogP contribution in [-0.4, -0.2) is 28.8 Å². The highest BCUT2D eigenvalue weighted by atomic mass is 16.2. The van der Waals surface area contributed by atoms with E-state index in [0.29, 0.717) is 18.3 Å². The van der Waals surface area contributed by atoms with Crippen LogP contribution in [0, 0.1) is 0 Å². The van der Waals surface area contributed by atoms with E-state index in [1.54, 1.807) is 18.1 Å². The SMILES string of the molecule is C=CC(=O)Cc1ccccc1Nc1ncc2c(n1)N(C)C(=O)N(c1ccccc1)C2. The molecule has 1 N–H and O–H groups in total. The molecule has 150 valence electrons. The number of benzene rings is 2. The minimum Gasteiger partial charge on any atom is -0.324 e. The Morgan fingerprint density at radius 2 is 1.90 bits per heavy atom. The first-order valence-electron chi connectivity index (χ1n) is 9.53. The minimum absolute atomic E-state index is 0.0676. The molecule has 30 heavy (non-hydrogen) atoms. The van der Waals surface area contributed by atoms with Gasteiger partial charge < -0.3 is 5.32 Å². The lowest BCUT2D eigenvalue weighted by atomic mass is 10.1. The monoisotopic (exact) mass is 399 g/mol. The van der Waals surface area contributed by atoms with Gasteiger partial charge in [-0.3, -0.25) is 14.6 Å². The molecule has 0 saturated carbocycles. The summed E-state index contributed by atoms with van der Waals surface area (Å²) < 4.78 is 0. The fourth-order valence-corrected chi connectivity index (χ4v) is 3.36. The van der Waals surface area contributed by atoms with Gasteiger partial charge >= 0.3 is 6.03 Å². The number of nitrogens with zero attached hydrogens (tertiary/aromatic N) is 4. The number of anilines is 4. The first-order chi connectivity index (χ1) is 14.6. The summed E-state index contributed by atoms with van der Waals surface area (Å²) in [7, 11) is 1.70. The number of hydrogen-bond acceptors (Lipinski definition) is 5. The zero-order valence-corrected chi connectivity index (χ0v) is 16.6. The van der Waals surface area contributed by atoms with Crippen LogP contribution in [0.25, 0.3) is 0 Å². The number of para-hydroxylation sites is 2. The maximum Gasteiger partial charge on any atom is 0.330 e. The van der Waals surface area contributed by atoms with Crippen LogP contribution in [0.4, 0.5) is 27.9 Å². The fourth-order valence-electron chi connectivity index (χ4n) is 3.36. The lowest BCUT2D eigenvalue weighted by Gasteiger charge is -2.34. The van der Waals surface area contributed by atoms with Crippen LogP contribution in [0.2, 0.25) is 0 Å². The summed E-state index contributed by atoms with van der Waals surface area (Å²) in [6.45, 7) is 3.92. The molecule has 1 aliphatic heterocycles. The number of hydrogen-bond donors (Lipinski definition) is 1. The number of rotatable bonds is 6. The quantitative estimate of drug-likeness (QED) is 0.632. The van der Waals surface area contributed by atoms with Crippen molar-refractivity contribution in [1.82, 2.24) is 9.97 Å². The van der Waals surface area contributed by atoms with Crippen molar-refractivity contribution in [2.24, 2.45) is 0 Å². The molecule has 0 radical (unpaired) electrons. The number of carbonyl (C=O) groups is 2. The van der Waals surface area contributed by atoms with Crippen molar-refractivity contribution < 1.29 is 9.59 Å². The van der Waals surface area contributed by atoms with Gasteiger partial charge in [0.2, 0.25) is 5.95 Å². The molecule has 7 nitrogen and oxygen atoms in total. The van der Waals surface area contributed by atoms with E-state index in [1.165, 1.54) is 11.0 Å². The van der Waals surface area contributed by atoms with Gasteiger partial charge in [0.15, 0.2) is 5.78 Å². The summed E-state index contributed by atoms with van der Waals surface area (Å²) >= 11 is 0. The van der Waals surface area contributed by atoms with E-state index in [2.05, 4.69) is 21.9 Å². The van der Waals surface area contributed by atoms with Crippen LogP contribution in [0.3, 0.4) is 0 Å². The van der Waals surface area contributed by atoms with Crippen molar-refractivity contribution in [3.05, 3.63) is 84.6 Å². The highest BCUT2D eigenvalue weighted by molar-refractivity contribution is 6.05. The summed E-state index contributed by atoms with van der Waals surface area (Å²) in [5.74, 6) is 0.853. The Morgan fingerprint density at radius 3 is 2.67 bits per heavy atom. The van der Waals surface area contributed by atoms with E-state index in [4.69, 9.17) is 0 Å². The van der Waals surface area contributed by atoms with Gasteiger partial charge in [0, 0.05) is 36.6 Å². The number of carbonyl (C=O) groups excluding carboxylic acids is 2. The molecule has 1 aliphatic rings. The second-order valence-corrected chi connectivity index (χ2v) is 6.94. The highest BCUT2D eigenvalue weighted by Crippen LogP contribution is 2.30.